The number of benzene rings is 3. The Hall–Kier alpha value is -4.39. The van der Waals surface area contributed by atoms with E-state index >= 15 is 0 Å². The number of methoxy groups -OCH3 is 2. The number of hydrogen-bond acceptors (Lipinski definition) is 6. The van der Waals surface area contributed by atoms with Crippen molar-refractivity contribution < 1.29 is 23.9 Å². The van der Waals surface area contributed by atoms with Gasteiger partial charge in [0.05, 0.1) is 37.8 Å². The van der Waals surface area contributed by atoms with Crippen molar-refractivity contribution in [3.63, 3.8) is 0 Å². The number of amides is 2. The van der Waals surface area contributed by atoms with E-state index in [4.69, 9.17) is 9.47 Å². The maximum absolute atomic E-state index is 14.1. The zero-order valence-electron chi connectivity index (χ0n) is 19.8. The molecule has 0 aliphatic carbocycles. The summed E-state index contributed by atoms with van der Waals surface area (Å²) >= 11 is 0. The van der Waals surface area contributed by atoms with E-state index < -0.39 is 23.9 Å². The molecule has 3 aromatic carbocycles. The minimum atomic E-state index is -0.840. The second-order valence-corrected chi connectivity index (χ2v) is 9.11. The molecule has 0 N–H and O–H groups in total. The Morgan fingerprint density at radius 3 is 2.25 bits per heavy atom. The number of ketones is 1. The van der Waals surface area contributed by atoms with Gasteiger partial charge < -0.3 is 14.4 Å². The fourth-order valence-electron chi connectivity index (χ4n) is 5.85. The summed E-state index contributed by atoms with van der Waals surface area (Å²) in [6, 6.07) is 20.4. The molecule has 2 saturated heterocycles. The summed E-state index contributed by atoms with van der Waals surface area (Å²) in [7, 11) is 3.04. The lowest BCUT2D eigenvalue weighted by atomic mass is 9.83. The lowest BCUT2D eigenvalue weighted by Crippen LogP contribution is -2.44. The van der Waals surface area contributed by atoms with Crippen LogP contribution < -0.4 is 14.4 Å². The monoisotopic (exact) mass is 480 g/mol. The third-order valence-corrected chi connectivity index (χ3v) is 7.41. The van der Waals surface area contributed by atoms with Crippen molar-refractivity contribution in [1.82, 2.24) is 4.90 Å². The third-order valence-electron chi connectivity index (χ3n) is 7.41. The average Bonchev–Trinajstić information content (AvgIpc) is 3.40. The van der Waals surface area contributed by atoms with E-state index in [0.29, 0.717) is 22.7 Å². The van der Waals surface area contributed by atoms with Gasteiger partial charge in [-0.05, 0) is 47.5 Å². The first kappa shape index (κ1) is 22.1. The fourth-order valence-corrected chi connectivity index (χ4v) is 5.85. The summed E-state index contributed by atoms with van der Waals surface area (Å²) in [5.74, 6) is -1.45. The van der Waals surface area contributed by atoms with Gasteiger partial charge in [-0.1, -0.05) is 42.5 Å². The molecule has 180 valence electrons. The highest BCUT2D eigenvalue weighted by Gasteiger charge is 2.64. The number of para-hydroxylation sites is 1. The summed E-state index contributed by atoms with van der Waals surface area (Å²) in [5.41, 5.74) is 2.83. The number of anilines is 1. The van der Waals surface area contributed by atoms with Crippen molar-refractivity contribution in [2.45, 2.75) is 12.1 Å². The molecule has 3 aliphatic heterocycles. The molecule has 7 nitrogen and oxygen atoms in total. The highest BCUT2D eigenvalue weighted by molar-refractivity contribution is 6.24. The summed E-state index contributed by atoms with van der Waals surface area (Å²) in [6.45, 7) is 0. The molecular formula is C29H24N2O5. The summed E-state index contributed by atoms with van der Waals surface area (Å²) in [4.78, 5) is 45.0. The van der Waals surface area contributed by atoms with Gasteiger partial charge in [-0.15, -0.1) is 0 Å². The number of carbonyl (C=O) groups excluding carboxylic acids is 3. The van der Waals surface area contributed by atoms with Crippen LogP contribution in [0.15, 0.2) is 79.0 Å². The van der Waals surface area contributed by atoms with Gasteiger partial charge in [-0.25, -0.2) is 4.90 Å². The molecule has 3 heterocycles. The largest absolute Gasteiger partial charge is 0.493 e. The van der Waals surface area contributed by atoms with Crippen LogP contribution in [0.1, 0.15) is 27.5 Å². The average molecular weight is 481 g/mol. The predicted octanol–water partition coefficient (Wildman–Crippen LogP) is 4.10. The Kier molecular flexibility index (Phi) is 5.14. The summed E-state index contributed by atoms with van der Waals surface area (Å²) in [6.07, 6.45) is 3.79. The number of Topliss-reactive ketones (excluding diaryl/α,β-unsaturated/α-hetero) is 1. The van der Waals surface area contributed by atoms with Crippen LogP contribution in [0.3, 0.4) is 0 Å². The number of hydrogen-bond donors (Lipinski definition) is 0. The van der Waals surface area contributed by atoms with Gasteiger partial charge >= 0.3 is 0 Å². The smallest absolute Gasteiger partial charge is 0.240 e. The van der Waals surface area contributed by atoms with Crippen LogP contribution in [0.25, 0.3) is 6.08 Å². The Balaban J connectivity index is 1.49. The first-order chi connectivity index (χ1) is 17.5. The second kappa shape index (κ2) is 8.37. The van der Waals surface area contributed by atoms with Gasteiger partial charge in [0.2, 0.25) is 11.8 Å². The van der Waals surface area contributed by atoms with Crippen LogP contribution in [-0.4, -0.2) is 42.8 Å². The summed E-state index contributed by atoms with van der Waals surface area (Å²) in [5, 5.41) is 0. The fraction of sp³-hybridized carbons (Fsp3) is 0.207. The van der Waals surface area contributed by atoms with Crippen molar-refractivity contribution in [1.29, 1.82) is 0 Å². The molecule has 0 saturated carbocycles. The zero-order valence-corrected chi connectivity index (χ0v) is 19.8. The molecule has 0 radical (unpaired) electrons. The Bertz CT molecular complexity index is 1420. The molecule has 0 spiro atoms. The maximum Gasteiger partial charge on any atom is 0.240 e. The van der Waals surface area contributed by atoms with E-state index in [1.165, 1.54) is 19.1 Å². The molecule has 2 amide bonds. The minimum absolute atomic E-state index is 0.242. The molecule has 2 fully saturated rings. The van der Waals surface area contributed by atoms with E-state index in [0.717, 1.165) is 11.1 Å². The minimum Gasteiger partial charge on any atom is -0.493 e. The number of fused-ring (bicyclic) bond motifs is 5. The lowest BCUT2D eigenvalue weighted by Gasteiger charge is -2.35. The molecule has 0 bridgehead atoms. The van der Waals surface area contributed by atoms with Gasteiger partial charge in [-0.3, -0.25) is 14.4 Å². The molecule has 6 rings (SSSR count). The van der Waals surface area contributed by atoms with Crippen LogP contribution >= 0.6 is 0 Å². The van der Waals surface area contributed by atoms with Gasteiger partial charge in [0.1, 0.15) is 6.04 Å². The first-order valence-corrected chi connectivity index (χ1v) is 11.8. The number of imide groups is 1. The van der Waals surface area contributed by atoms with E-state index in [1.54, 1.807) is 42.5 Å². The standard InChI is InChI=1S/C29H24N2O5/c1-35-21-13-12-18(16-22(21)36-2)27(32)26-24-23(25-20-11-7-6-8-17(20)14-15-30(25)26)28(33)31(29(24)34)19-9-4-3-5-10-19/h3-16,23-26H,1-2H3/t23-,24+,25+,26-/m0/s1. The topological polar surface area (TPSA) is 76.2 Å². The zero-order chi connectivity index (χ0) is 25.0. The van der Waals surface area contributed by atoms with Crippen LogP contribution in [0.4, 0.5) is 5.69 Å². The number of rotatable bonds is 5. The van der Waals surface area contributed by atoms with Crippen LogP contribution in [0.5, 0.6) is 11.5 Å². The SMILES string of the molecule is COc1ccc(C(=O)[C@@H]2[C@@H]3C(=O)N(c4ccccc4)C(=O)[C@@H]3[C@H]3c4ccccc4C=CN23)cc1OC. The number of ether oxygens (including phenoxy) is 2. The second-order valence-electron chi connectivity index (χ2n) is 9.11. The van der Waals surface area contributed by atoms with Crippen LogP contribution in [0, 0.1) is 11.8 Å². The highest BCUT2D eigenvalue weighted by atomic mass is 16.5. The Morgan fingerprint density at radius 2 is 1.50 bits per heavy atom. The highest BCUT2D eigenvalue weighted by Crippen LogP contribution is 2.53. The van der Waals surface area contributed by atoms with Gasteiger partial charge in [0.15, 0.2) is 17.3 Å². The number of nitrogens with zero attached hydrogens (tertiary/aromatic N) is 2. The van der Waals surface area contributed by atoms with E-state index in [1.807, 2.05) is 47.5 Å². The van der Waals surface area contributed by atoms with Crippen molar-refractivity contribution >= 4 is 29.4 Å². The molecule has 4 atom stereocenters. The molecule has 0 unspecified atom stereocenters. The van der Waals surface area contributed by atoms with E-state index in [2.05, 4.69) is 0 Å². The van der Waals surface area contributed by atoms with Crippen molar-refractivity contribution in [2.24, 2.45) is 11.8 Å². The normalized spacial score (nSPS) is 23.8. The van der Waals surface area contributed by atoms with Crippen LogP contribution in [0.2, 0.25) is 0 Å². The van der Waals surface area contributed by atoms with E-state index in [-0.39, 0.29) is 17.6 Å². The Labute approximate surface area is 208 Å². The third kappa shape index (κ3) is 3.09. The quantitative estimate of drug-likeness (QED) is 0.404. The Morgan fingerprint density at radius 1 is 0.806 bits per heavy atom. The molecule has 36 heavy (non-hydrogen) atoms. The van der Waals surface area contributed by atoms with Crippen LogP contribution in [-0.2, 0) is 9.59 Å². The maximum atomic E-state index is 14.1. The van der Waals surface area contributed by atoms with Crippen molar-refractivity contribution in [3.8, 4) is 11.5 Å². The molecule has 3 aliphatic rings. The molecule has 7 heteroatoms. The lowest BCUT2D eigenvalue weighted by molar-refractivity contribution is -0.123. The van der Waals surface area contributed by atoms with E-state index in [9.17, 15) is 14.4 Å². The molecule has 3 aromatic rings. The molecule has 0 aromatic heterocycles. The van der Waals surface area contributed by atoms with Gasteiger partial charge in [0, 0.05) is 11.8 Å². The first-order valence-electron chi connectivity index (χ1n) is 11.8. The predicted molar refractivity (Wildman–Crippen MR) is 134 cm³/mol. The number of carbonyl (C=O) groups is 3. The molecular weight excluding hydrogens is 456 g/mol. The summed E-state index contributed by atoms with van der Waals surface area (Å²) < 4.78 is 10.7. The van der Waals surface area contributed by atoms with Gasteiger partial charge in [0.25, 0.3) is 0 Å². The van der Waals surface area contributed by atoms with Gasteiger partial charge in [-0.2, -0.15) is 0 Å². The van der Waals surface area contributed by atoms with Crippen molar-refractivity contribution in [3.05, 3.63) is 95.7 Å². The van der Waals surface area contributed by atoms with Crippen molar-refractivity contribution in [2.75, 3.05) is 19.1 Å².